The molecule has 0 spiro atoms. The van der Waals surface area contributed by atoms with Gasteiger partial charge in [0.25, 0.3) is 0 Å². The zero-order valence-corrected chi connectivity index (χ0v) is 11.2. The predicted molar refractivity (Wildman–Crippen MR) is 70.1 cm³/mol. The summed E-state index contributed by atoms with van der Waals surface area (Å²) < 4.78 is 1.88. The van der Waals surface area contributed by atoms with E-state index < -0.39 is 0 Å². The van der Waals surface area contributed by atoms with Gasteiger partial charge in [-0.2, -0.15) is 5.10 Å². The lowest BCUT2D eigenvalue weighted by atomic mass is 10.1. The van der Waals surface area contributed by atoms with Crippen LogP contribution < -0.4 is 5.73 Å². The van der Waals surface area contributed by atoms with Crippen LogP contribution in [-0.2, 0) is 6.54 Å². The third-order valence-corrected chi connectivity index (χ3v) is 3.68. The van der Waals surface area contributed by atoms with Gasteiger partial charge in [-0.25, -0.2) is 4.98 Å². The van der Waals surface area contributed by atoms with Crippen LogP contribution >= 0.6 is 11.3 Å². The Morgan fingerprint density at radius 3 is 2.76 bits per heavy atom. The van der Waals surface area contributed by atoms with Gasteiger partial charge in [0.2, 0.25) is 0 Å². The fourth-order valence-electron chi connectivity index (χ4n) is 1.56. The van der Waals surface area contributed by atoms with E-state index in [0.717, 1.165) is 22.8 Å². The third kappa shape index (κ3) is 2.56. The van der Waals surface area contributed by atoms with E-state index >= 15 is 0 Å². The van der Waals surface area contributed by atoms with Crippen molar-refractivity contribution < 1.29 is 0 Å². The average Bonchev–Trinajstić information content (AvgIpc) is 2.97. The molecule has 2 aromatic heterocycles. The molecule has 2 aromatic rings. The van der Waals surface area contributed by atoms with Crippen LogP contribution in [0.3, 0.4) is 0 Å². The van der Waals surface area contributed by atoms with Crippen LogP contribution in [0.25, 0.3) is 0 Å². The Labute approximate surface area is 105 Å². The summed E-state index contributed by atoms with van der Waals surface area (Å²) in [5, 5.41) is 7.29. The molecule has 1 unspecified atom stereocenters. The highest BCUT2D eigenvalue weighted by molar-refractivity contribution is 7.09. The van der Waals surface area contributed by atoms with Gasteiger partial charge in [0.05, 0.1) is 17.9 Å². The van der Waals surface area contributed by atoms with E-state index in [2.05, 4.69) is 36.2 Å². The molecule has 0 fully saturated rings. The van der Waals surface area contributed by atoms with Gasteiger partial charge in [-0.15, -0.1) is 11.3 Å². The Morgan fingerprint density at radius 2 is 2.24 bits per heavy atom. The van der Waals surface area contributed by atoms with Crippen LogP contribution in [0.1, 0.15) is 49.0 Å². The largest absolute Gasteiger partial charge is 0.318 e. The van der Waals surface area contributed by atoms with Crippen molar-refractivity contribution in [2.75, 3.05) is 0 Å². The molecule has 4 nitrogen and oxygen atoms in total. The second kappa shape index (κ2) is 4.98. The molecule has 2 heterocycles. The molecular formula is C12H18N4S. The summed E-state index contributed by atoms with van der Waals surface area (Å²) in [6.45, 7) is 7.20. The number of hydrogen-bond donors (Lipinski definition) is 1. The molecule has 17 heavy (non-hydrogen) atoms. The fourth-order valence-corrected chi connectivity index (χ4v) is 2.57. The normalized spacial score (nSPS) is 13.2. The summed E-state index contributed by atoms with van der Waals surface area (Å²) in [5.74, 6) is 0.450. The van der Waals surface area contributed by atoms with Crippen molar-refractivity contribution >= 4 is 11.3 Å². The standard InChI is InChI=1S/C12H18N4S/c1-4-16-6-9(5-14-16)11(13)12-15-10(7-17-12)8(2)3/h5-8,11H,4,13H2,1-3H3. The van der Waals surface area contributed by atoms with Gasteiger partial charge in [-0.3, -0.25) is 4.68 Å². The minimum Gasteiger partial charge on any atom is -0.318 e. The summed E-state index contributed by atoms with van der Waals surface area (Å²) in [6.07, 6.45) is 3.81. The minimum atomic E-state index is -0.159. The molecule has 0 aromatic carbocycles. The highest BCUT2D eigenvalue weighted by Gasteiger charge is 2.15. The Balaban J connectivity index is 2.20. The molecule has 92 valence electrons. The maximum atomic E-state index is 6.19. The van der Waals surface area contributed by atoms with Crippen LogP contribution in [0, 0.1) is 0 Å². The number of aromatic nitrogens is 3. The van der Waals surface area contributed by atoms with Crippen LogP contribution in [0.15, 0.2) is 17.8 Å². The second-order valence-electron chi connectivity index (χ2n) is 4.37. The van der Waals surface area contributed by atoms with E-state index in [1.54, 1.807) is 11.3 Å². The zero-order valence-electron chi connectivity index (χ0n) is 10.4. The first kappa shape index (κ1) is 12.3. The maximum Gasteiger partial charge on any atom is 0.114 e. The first-order valence-electron chi connectivity index (χ1n) is 5.85. The van der Waals surface area contributed by atoms with E-state index in [9.17, 15) is 0 Å². The van der Waals surface area contributed by atoms with Crippen LogP contribution in [-0.4, -0.2) is 14.8 Å². The summed E-state index contributed by atoms with van der Waals surface area (Å²) >= 11 is 1.62. The second-order valence-corrected chi connectivity index (χ2v) is 5.26. The molecule has 0 saturated carbocycles. The first-order chi connectivity index (χ1) is 8.11. The molecule has 0 saturated heterocycles. The van der Waals surface area contributed by atoms with Crippen LogP contribution in [0.5, 0.6) is 0 Å². The van der Waals surface area contributed by atoms with Crippen molar-refractivity contribution in [1.29, 1.82) is 0 Å². The van der Waals surface area contributed by atoms with Gasteiger partial charge in [0.1, 0.15) is 5.01 Å². The minimum absolute atomic E-state index is 0.159. The number of hydrogen-bond acceptors (Lipinski definition) is 4. The molecule has 0 amide bonds. The van der Waals surface area contributed by atoms with Gasteiger partial charge in [-0.1, -0.05) is 13.8 Å². The van der Waals surface area contributed by atoms with Crippen molar-refractivity contribution in [1.82, 2.24) is 14.8 Å². The monoisotopic (exact) mass is 250 g/mol. The Bertz CT molecular complexity index is 486. The topological polar surface area (TPSA) is 56.7 Å². The number of nitrogens with zero attached hydrogens (tertiary/aromatic N) is 3. The predicted octanol–water partition coefficient (Wildman–Crippen LogP) is 2.53. The maximum absolute atomic E-state index is 6.19. The molecular weight excluding hydrogens is 232 g/mol. The van der Waals surface area contributed by atoms with E-state index in [1.807, 2.05) is 17.1 Å². The smallest absolute Gasteiger partial charge is 0.114 e. The average molecular weight is 250 g/mol. The molecule has 2 rings (SSSR count). The lowest BCUT2D eigenvalue weighted by Gasteiger charge is -2.05. The molecule has 0 bridgehead atoms. The highest BCUT2D eigenvalue weighted by Crippen LogP contribution is 2.25. The fraction of sp³-hybridized carbons (Fsp3) is 0.500. The number of aryl methyl sites for hydroxylation is 1. The van der Waals surface area contributed by atoms with Crippen LogP contribution in [0.2, 0.25) is 0 Å². The summed E-state index contributed by atoms with van der Waals surface area (Å²) in [7, 11) is 0. The number of rotatable bonds is 4. The molecule has 0 radical (unpaired) electrons. The van der Waals surface area contributed by atoms with E-state index in [-0.39, 0.29) is 6.04 Å². The Hall–Kier alpha value is -1.20. The highest BCUT2D eigenvalue weighted by atomic mass is 32.1. The van der Waals surface area contributed by atoms with Gasteiger partial charge in [0.15, 0.2) is 0 Å². The zero-order chi connectivity index (χ0) is 12.4. The van der Waals surface area contributed by atoms with E-state index in [1.165, 1.54) is 0 Å². The van der Waals surface area contributed by atoms with Gasteiger partial charge >= 0.3 is 0 Å². The van der Waals surface area contributed by atoms with E-state index in [0.29, 0.717) is 5.92 Å². The van der Waals surface area contributed by atoms with Crippen molar-refractivity contribution in [3.63, 3.8) is 0 Å². The molecule has 0 aliphatic carbocycles. The van der Waals surface area contributed by atoms with Crippen molar-refractivity contribution in [2.24, 2.45) is 5.73 Å². The Morgan fingerprint density at radius 1 is 1.47 bits per heavy atom. The number of thiazole rings is 1. The summed E-state index contributed by atoms with van der Waals surface area (Å²) in [6, 6.07) is -0.159. The van der Waals surface area contributed by atoms with Gasteiger partial charge in [0, 0.05) is 23.7 Å². The molecule has 0 aliphatic heterocycles. The quantitative estimate of drug-likeness (QED) is 0.907. The SMILES string of the molecule is CCn1cc(C(N)c2nc(C(C)C)cs2)cn1. The Kier molecular flexibility index (Phi) is 3.59. The van der Waals surface area contributed by atoms with E-state index in [4.69, 9.17) is 5.73 Å². The molecule has 0 aliphatic rings. The molecule has 2 N–H and O–H groups in total. The third-order valence-electron chi connectivity index (χ3n) is 2.73. The number of nitrogens with two attached hydrogens (primary N) is 1. The van der Waals surface area contributed by atoms with Gasteiger partial charge < -0.3 is 5.73 Å². The summed E-state index contributed by atoms with van der Waals surface area (Å²) in [5.41, 5.74) is 8.33. The lowest BCUT2D eigenvalue weighted by Crippen LogP contribution is -2.11. The van der Waals surface area contributed by atoms with Crippen LogP contribution in [0.4, 0.5) is 0 Å². The molecule has 1 atom stereocenters. The van der Waals surface area contributed by atoms with Gasteiger partial charge in [-0.05, 0) is 12.8 Å². The summed E-state index contributed by atoms with van der Waals surface area (Å²) in [4.78, 5) is 4.58. The first-order valence-corrected chi connectivity index (χ1v) is 6.73. The lowest BCUT2D eigenvalue weighted by molar-refractivity contribution is 0.658. The van der Waals surface area contributed by atoms with Crippen molar-refractivity contribution in [2.45, 2.75) is 39.3 Å². The van der Waals surface area contributed by atoms with Crippen molar-refractivity contribution in [3.05, 3.63) is 34.0 Å². The molecule has 5 heteroatoms. The van der Waals surface area contributed by atoms with Crippen molar-refractivity contribution in [3.8, 4) is 0 Å².